The maximum atomic E-state index is 5.77. The van der Waals surface area contributed by atoms with Crippen molar-refractivity contribution in [3.8, 4) is 17.1 Å². The van der Waals surface area contributed by atoms with Gasteiger partial charge in [-0.15, -0.1) is 0 Å². The highest BCUT2D eigenvalue weighted by atomic mass is 16.5. The summed E-state index contributed by atoms with van der Waals surface area (Å²) < 4.78 is 5.52. The number of nitrogens with zero attached hydrogens (tertiary/aromatic N) is 2. The van der Waals surface area contributed by atoms with Gasteiger partial charge in [0.15, 0.2) is 5.82 Å². The largest absolute Gasteiger partial charge is 0.493 e. The molecule has 1 aliphatic rings. The van der Waals surface area contributed by atoms with Crippen molar-refractivity contribution >= 4 is 16.6 Å². The van der Waals surface area contributed by atoms with Crippen LogP contribution in [0.25, 0.3) is 22.3 Å². The Balaban J connectivity index is 1.83. The van der Waals surface area contributed by atoms with Crippen LogP contribution in [-0.2, 0) is 6.42 Å². The molecule has 0 bridgehead atoms. The number of nitrogens with two attached hydrogens (primary N) is 1. The molecular formula is C16H13N3O. The van der Waals surface area contributed by atoms with E-state index in [1.54, 1.807) is 0 Å². The number of anilines is 1. The molecule has 0 saturated carbocycles. The molecule has 0 aliphatic carbocycles. The molecule has 4 heteroatoms. The first kappa shape index (κ1) is 11.2. The summed E-state index contributed by atoms with van der Waals surface area (Å²) in [6, 6.07) is 11.8. The lowest BCUT2D eigenvalue weighted by molar-refractivity contribution is 0.357. The van der Waals surface area contributed by atoms with Crippen LogP contribution in [0.3, 0.4) is 0 Å². The van der Waals surface area contributed by atoms with Crippen LogP contribution in [0, 0.1) is 0 Å². The van der Waals surface area contributed by atoms with Crippen molar-refractivity contribution in [3.63, 3.8) is 0 Å². The van der Waals surface area contributed by atoms with Gasteiger partial charge in [-0.25, -0.2) is 9.97 Å². The first-order valence-electron chi connectivity index (χ1n) is 6.58. The zero-order valence-electron chi connectivity index (χ0n) is 10.8. The number of nitrogen functional groups attached to an aromatic ring is 1. The molecular weight excluding hydrogens is 250 g/mol. The molecule has 2 aromatic carbocycles. The fourth-order valence-electron chi connectivity index (χ4n) is 2.52. The molecule has 0 spiro atoms. The Bertz CT molecular complexity index is 814. The van der Waals surface area contributed by atoms with Crippen molar-refractivity contribution in [2.45, 2.75) is 6.42 Å². The Hall–Kier alpha value is -2.62. The van der Waals surface area contributed by atoms with E-state index in [-0.39, 0.29) is 0 Å². The molecule has 1 aliphatic heterocycles. The van der Waals surface area contributed by atoms with E-state index in [2.05, 4.69) is 16.0 Å². The standard InChI is InChI=1S/C16H13N3O/c17-13-2-3-14-12(8-13)9-18-16(19-14)11-1-4-15-10(7-11)5-6-20-15/h1-4,7-9H,5-6,17H2. The van der Waals surface area contributed by atoms with Crippen LogP contribution in [0.5, 0.6) is 5.75 Å². The summed E-state index contributed by atoms with van der Waals surface area (Å²) in [5.41, 5.74) is 9.64. The van der Waals surface area contributed by atoms with Gasteiger partial charge in [-0.1, -0.05) is 0 Å². The first-order valence-corrected chi connectivity index (χ1v) is 6.58. The van der Waals surface area contributed by atoms with E-state index in [0.29, 0.717) is 0 Å². The van der Waals surface area contributed by atoms with E-state index in [0.717, 1.165) is 46.8 Å². The predicted octanol–water partition coefficient (Wildman–Crippen LogP) is 2.81. The Morgan fingerprint density at radius 2 is 2.05 bits per heavy atom. The minimum Gasteiger partial charge on any atom is -0.493 e. The summed E-state index contributed by atoms with van der Waals surface area (Å²) in [5, 5.41) is 0.957. The highest BCUT2D eigenvalue weighted by Gasteiger charge is 2.13. The number of aromatic nitrogens is 2. The number of benzene rings is 2. The molecule has 2 N–H and O–H groups in total. The minimum absolute atomic E-state index is 0.725. The zero-order chi connectivity index (χ0) is 13.5. The summed E-state index contributed by atoms with van der Waals surface area (Å²) >= 11 is 0. The third-order valence-electron chi connectivity index (χ3n) is 3.55. The molecule has 0 fully saturated rings. The van der Waals surface area contributed by atoms with Crippen molar-refractivity contribution in [2.75, 3.05) is 12.3 Å². The summed E-state index contributed by atoms with van der Waals surface area (Å²) in [6.07, 6.45) is 2.77. The van der Waals surface area contributed by atoms with Crippen molar-refractivity contribution in [2.24, 2.45) is 0 Å². The van der Waals surface area contributed by atoms with Crippen LogP contribution in [0.15, 0.2) is 42.6 Å². The molecule has 0 atom stereocenters. The van der Waals surface area contributed by atoms with Gasteiger partial charge in [0.25, 0.3) is 0 Å². The fourth-order valence-corrected chi connectivity index (χ4v) is 2.52. The number of rotatable bonds is 1. The highest BCUT2D eigenvalue weighted by molar-refractivity contribution is 5.82. The average Bonchev–Trinajstić information content (AvgIpc) is 2.94. The topological polar surface area (TPSA) is 61.0 Å². The van der Waals surface area contributed by atoms with Crippen LogP contribution in [-0.4, -0.2) is 16.6 Å². The van der Waals surface area contributed by atoms with Gasteiger partial charge in [0, 0.05) is 29.3 Å². The number of fused-ring (bicyclic) bond motifs is 2. The third-order valence-corrected chi connectivity index (χ3v) is 3.55. The molecule has 98 valence electrons. The van der Waals surface area contributed by atoms with Crippen LogP contribution >= 0.6 is 0 Å². The van der Waals surface area contributed by atoms with Gasteiger partial charge in [-0.2, -0.15) is 0 Å². The maximum absolute atomic E-state index is 5.77. The van der Waals surface area contributed by atoms with E-state index >= 15 is 0 Å². The third kappa shape index (κ3) is 1.77. The van der Waals surface area contributed by atoms with E-state index in [9.17, 15) is 0 Å². The normalized spacial score (nSPS) is 13.2. The second-order valence-corrected chi connectivity index (χ2v) is 4.93. The van der Waals surface area contributed by atoms with Crippen LogP contribution in [0.4, 0.5) is 5.69 Å². The molecule has 0 saturated heterocycles. The van der Waals surface area contributed by atoms with Gasteiger partial charge >= 0.3 is 0 Å². The lowest BCUT2D eigenvalue weighted by Crippen LogP contribution is -1.92. The first-order chi connectivity index (χ1) is 9.79. The summed E-state index contributed by atoms with van der Waals surface area (Å²) in [5.74, 6) is 1.71. The monoisotopic (exact) mass is 263 g/mol. The molecule has 0 unspecified atom stereocenters. The number of hydrogen-bond donors (Lipinski definition) is 1. The van der Waals surface area contributed by atoms with Gasteiger partial charge in [-0.05, 0) is 42.0 Å². The minimum atomic E-state index is 0.725. The van der Waals surface area contributed by atoms with Crippen molar-refractivity contribution in [1.82, 2.24) is 9.97 Å². The molecule has 3 aromatic rings. The van der Waals surface area contributed by atoms with Crippen molar-refractivity contribution < 1.29 is 4.74 Å². The predicted molar refractivity (Wildman–Crippen MR) is 78.6 cm³/mol. The Kier molecular flexibility index (Phi) is 2.36. The average molecular weight is 263 g/mol. The van der Waals surface area contributed by atoms with E-state index < -0.39 is 0 Å². The van der Waals surface area contributed by atoms with E-state index in [4.69, 9.17) is 10.5 Å². The molecule has 4 nitrogen and oxygen atoms in total. The van der Waals surface area contributed by atoms with Crippen LogP contribution < -0.4 is 10.5 Å². The number of ether oxygens (including phenoxy) is 1. The summed E-state index contributed by atoms with van der Waals surface area (Å²) in [7, 11) is 0. The fraction of sp³-hybridized carbons (Fsp3) is 0.125. The SMILES string of the molecule is Nc1ccc2nc(-c3ccc4c(c3)CCO4)ncc2c1. The van der Waals surface area contributed by atoms with Gasteiger partial charge in [-0.3, -0.25) is 0 Å². The lowest BCUT2D eigenvalue weighted by atomic mass is 10.1. The highest BCUT2D eigenvalue weighted by Crippen LogP contribution is 2.29. The van der Waals surface area contributed by atoms with Gasteiger partial charge in [0.2, 0.25) is 0 Å². The molecule has 0 amide bonds. The summed E-state index contributed by atoms with van der Waals surface area (Å²) in [4.78, 5) is 9.04. The van der Waals surface area contributed by atoms with Crippen molar-refractivity contribution in [3.05, 3.63) is 48.2 Å². The smallest absolute Gasteiger partial charge is 0.159 e. The van der Waals surface area contributed by atoms with Crippen LogP contribution in [0.1, 0.15) is 5.56 Å². The lowest BCUT2D eigenvalue weighted by Gasteiger charge is -2.05. The van der Waals surface area contributed by atoms with Gasteiger partial charge < -0.3 is 10.5 Å². The Labute approximate surface area is 116 Å². The van der Waals surface area contributed by atoms with Crippen molar-refractivity contribution in [1.29, 1.82) is 0 Å². The Morgan fingerprint density at radius 3 is 3.00 bits per heavy atom. The molecule has 4 rings (SSSR count). The quantitative estimate of drug-likeness (QED) is 0.686. The zero-order valence-corrected chi connectivity index (χ0v) is 10.8. The molecule has 1 aromatic heterocycles. The molecule has 2 heterocycles. The van der Waals surface area contributed by atoms with E-state index in [1.165, 1.54) is 5.56 Å². The molecule has 20 heavy (non-hydrogen) atoms. The van der Waals surface area contributed by atoms with Crippen LogP contribution in [0.2, 0.25) is 0 Å². The number of hydrogen-bond acceptors (Lipinski definition) is 4. The maximum Gasteiger partial charge on any atom is 0.159 e. The second-order valence-electron chi connectivity index (χ2n) is 4.93. The van der Waals surface area contributed by atoms with E-state index in [1.807, 2.05) is 36.5 Å². The Morgan fingerprint density at radius 1 is 1.10 bits per heavy atom. The van der Waals surface area contributed by atoms with Gasteiger partial charge in [0.1, 0.15) is 5.75 Å². The summed E-state index contributed by atoms with van der Waals surface area (Å²) in [6.45, 7) is 0.761. The molecule has 0 radical (unpaired) electrons. The van der Waals surface area contributed by atoms with Gasteiger partial charge in [0.05, 0.1) is 12.1 Å². The second kappa shape index (κ2) is 4.20.